The summed E-state index contributed by atoms with van der Waals surface area (Å²) in [6.07, 6.45) is 0. The van der Waals surface area contributed by atoms with Crippen molar-refractivity contribution < 1.29 is 14.1 Å². The Labute approximate surface area is 120 Å². The quantitative estimate of drug-likeness (QED) is 0.631. The standard InChI is InChI=1S/C14H14FN3O3/c15-10-7-12(9-13(8-10)18(19)20)17-11-1-3-14(4-2-11)21-6-5-16/h1-4,7-9,17H,5-6,16H2. The predicted octanol–water partition coefficient (Wildman–Crippen LogP) is 2.82. The predicted molar refractivity (Wildman–Crippen MR) is 77.3 cm³/mol. The largest absolute Gasteiger partial charge is 0.492 e. The van der Waals surface area contributed by atoms with E-state index in [4.69, 9.17) is 10.5 Å². The topological polar surface area (TPSA) is 90.4 Å². The molecule has 0 unspecified atom stereocenters. The monoisotopic (exact) mass is 291 g/mol. The van der Waals surface area contributed by atoms with Gasteiger partial charge in [0.25, 0.3) is 5.69 Å². The van der Waals surface area contributed by atoms with Crippen LogP contribution >= 0.6 is 0 Å². The second-order valence-electron chi connectivity index (χ2n) is 4.24. The molecule has 0 fully saturated rings. The zero-order chi connectivity index (χ0) is 15.2. The maximum Gasteiger partial charge on any atom is 0.274 e. The van der Waals surface area contributed by atoms with Crippen LogP contribution in [0.5, 0.6) is 5.75 Å². The molecule has 2 rings (SSSR count). The summed E-state index contributed by atoms with van der Waals surface area (Å²) in [4.78, 5) is 10.0. The molecular weight excluding hydrogens is 277 g/mol. The van der Waals surface area contributed by atoms with E-state index in [9.17, 15) is 14.5 Å². The summed E-state index contributed by atoms with van der Waals surface area (Å²) in [5.41, 5.74) is 5.99. The Hall–Kier alpha value is -2.67. The molecule has 0 heterocycles. The molecule has 0 bridgehead atoms. The van der Waals surface area contributed by atoms with Crippen molar-refractivity contribution in [3.05, 3.63) is 58.4 Å². The van der Waals surface area contributed by atoms with Crippen LogP contribution in [0.25, 0.3) is 0 Å². The van der Waals surface area contributed by atoms with Gasteiger partial charge in [-0.2, -0.15) is 0 Å². The second kappa shape index (κ2) is 6.67. The first kappa shape index (κ1) is 14.7. The van der Waals surface area contributed by atoms with E-state index in [1.165, 1.54) is 12.1 Å². The molecule has 0 aromatic heterocycles. The molecule has 6 nitrogen and oxygen atoms in total. The van der Waals surface area contributed by atoms with Gasteiger partial charge in [-0.05, 0) is 30.3 Å². The number of benzene rings is 2. The smallest absolute Gasteiger partial charge is 0.274 e. The van der Waals surface area contributed by atoms with E-state index >= 15 is 0 Å². The van der Waals surface area contributed by atoms with E-state index < -0.39 is 10.7 Å². The number of nitrogens with zero attached hydrogens (tertiary/aromatic N) is 1. The molecule has 3 N–H and O–H groups in total. The highest BCUT2D eigenvalue weighted by molar-refractivity contribution is 5.63. The summed E-state index contributed by atoms with van der Waals surface area (Å²) >= 11 is 0. The first-order valence-corrected chi connectivity index (χ1v) is 6.23. The molecule has 0 aliphatic heterocycles. The van der Waals surface area contributed by atoms with Crippen LogP contribution in [0, 0.1) is 15.9 Å². The van der Waals surface area contributed by atoms with Gasteiger partial charge in [0.2, 0.25) is 0 Å². The number of halogens is 1. The van der Waals surface area contributed by atoms with Gasteiger partial charge >= 0.3 is 0 Å². The zero-order valence-electron chi connectivity index (χ0n) is 11.1. The lowest BCUT2D eigenvalue weighted by Gasteiger charge is -2.08. The molecule has 0 aliphatic rings. The molecule has 2 aromatic carbocycles. The average Bonchev–Trinajstić information content (AvgIpc) is 2.46. The van der Waals surface area contributed by atoms with Crippen molar-refractivity contribution in [2.75, 3.05) is 18.5 Å². The van der Waals surface area contributed by atoms with Crippen LogP contribution in [0.2, 0.25) is 0 Å². The van der Waals surface area contributed by atoms with Crippen LogP contribution in [-0.4, -0.2) is 18.1 Å². The highest BCUT2D eigenvalue weighted by atomic mass is 19.1. The molecule has 0 atom stereocenters. The molecule has 0 radical (unpaired) electrons. The van der Waals surface area contributed by atoms with Crippen LogP contribution in [-0.2, 0) is 0 Å². The van der Waals surface area contributed by atoms with Gasteiger partial charge in [0.05, 0.1) is 11.0 Å². The Morgan fingerprint density at radius 2 is 1.90 bits per heavy atom. The average molecular weight is 291 g/mol. The normalized spacial score (nSPS) is 10.2. The van der Waals surface area contributed by atoms with E-state index in [0.717, 1.165) is 6.07 Å². The Balaban J connectivity index is 2.12. The van der Waals surface area contributed by atoms with Crippen molar-refractivity contribution in [3.63, 3.8) is 0 Å². The van der Waals surface area contributed by atoms with Gasteiger partial charge in [0, 0.05) is 24.0 Å². The van der Waals surface area contributed by atoms with Gasteiger partial charge in [-0.3, -0.25) is 10.1 Å². The summed E-state index contributed by atoms with van der Waals surface area (Å²) < 4.78 is 18.6. The van der Waals surface area contributed by atoms with Gasteiger partial charge in [-0.15, -0.1) is 0 Å². The van der Waals surface area contributed by atoms with Crippen molar-refractivity contribution in [2.24, 2.45) is 5.73 Å². The molecule has 0 amide bonds. The van der Waals surface area contributed by atoms with E-state index in [0.29, 0.717) is 30.3 Å². The molecule has 0 saturated carbocycles. The van der Waals surface area contributed by atoms with Gasteiger partial charge in [-0.25, -0.2) is 4.39 Å². The van der Waals surface area contributed by atoms with Crippen LogP contribution in [0.4, 0.5) is 21.5 Å². The first-order valence-electron chi connectivity index (χ1n) is 6.23. The van der Waals surface area contributed by atoms with Crippen LogP contribution in [0.15, 0.2) is 42.5 Å². The minimum absolute atomic E-state index is 0.303. The number of rotatable bonds is 6. The van der Waals surface area contributed by atoms with Crippen molar-refractivity contribution in [1.82, 2.24) is 0 Å². The summed E-state index contributed by atoms with van der Waals surface area (Å²) in [6.45, 7) is 0.843. The number of nitro benzene ring substituents is 1. The van der Waals surface area contributed by atoms with Crippen molar-refractivity contribution in [2.45, 2.75) is 0 Å². The molecule has 110 valence electrons. The number of nitrogens with two attached hydrogens (primary N) is 1. The molecule has 0 saturated heterocycles. The summed E-state index contributed by atoms with van der Waals surface area (Å²) in [7, 11) is 0. The van der Waals surface area contributed by atoms with E-state index in [-0.39, 0.29) is 5.69 Å². The summed E-state index contributed by atoms with van der Waals surface area (Å²) in [5, 5.41) is 13.6. The van der Waals surface area contributed by atoms with Crippen LogP contribution < -0.4 is 15.8 Å². The molecule has 0 spiro atoms. The third-order valence-corrected chi connectivity index (χ3v) is 2.62. The maximum atomic E-state index is 13.3. The van der Waals surface area contributed by atoms with Crippen molar-refractivity contribution in [1.29, 1.82) is 0 Å². The second-order valence-corrected chi connectivity index (χ2v) is 4.24. The van der Waals surface area contributed by atoms with Gasteiger partial charge in [-0.1, -0.05) is 0 Å². The molecule has 0 aliphatic carbocycles. The van der Waals surface area contributed by atoms with E-state index in [1.807, 2.05) is 0 Å². The van der Waals surface area contributed by atoms with Crippen molar-refractivity contribution in [3.8, 4) is 5.75 Å². The SMILES string of the molecule is NCCOc1ccc(Nc2cc(F)cc([N+](=O)[O-])c2)cc1. The lowest BCUT2D eigenvalue weighted by Crippen LogP contribution is -2.10. The highest BCUT2D eigenvalue weighted by Crippen LogP contribution is 2.24. The lowest BCUT2D eigenvalue weighted by atomic mass is 10.2. The van der Waals surface area contributed by atoms with Crippen molar-refractivity contribution >= 4 is 17.1 Å². The van der Waals surface area contributed by atoms with Gasteiger partial charge in [0.1, 0.15) is 18.2 Å². The third-order valence-electron chi connectivity index (χ3n) is 2.62. The molecule has 2 aromatic rings. The number of non-ortho nitro benzene ring substituents is 1. The fraction of sp³-hybridized carbons (Fsp3) is 0.143. The Morgan fingerprint density at radius 1 is 1.19 bits per heavy atom. The van der Waals surface area contributed by atoms with Gasteiger partial charge in [0.15, 0.2) is 0 Å². The number of nitro groups is 1. The van der Waals surface area contributed by atoms with Gasteiger partial charge < -0.3 is 15.8 Å². The lowest BCUT2D eigenvalue weighted by molar-refractivity contribution is -0.385. The van der Waals surface area contributed by atoms with Crippen LogP contribution in [0.1, 0.15) is 0 Å². The summed E-state index contributed by atoms with van der Waals surface area (Å²) in [5.74, 6) is -0.00850. The molecule has 21 heavy (non-hydrogen) atoms. The Bertz CT molecular complexity index is 632. The molecule has 7 heteroatoms. The maximum absolute atomic E-state index is 13.3. The van der Waals surface area contributed by atoms with E-state index in [2.05, 4.69) is 5.32 Å². The minimum atomic E-state index is -0.672. The number of nitrogens with one attached hydrogen (secondary N) is 1. The number of hydrogen-bond acceptors (Lipinski definition) is 5. The fourth-order valence-corrected chi connectivity index (χ4v) is 1.73. The first-order chi connectivity index (χ1) is 10.1. The number of anilines is 2. The fourth-order valence-electron chi connectivity index (χ4n) is 1.73. The van der Waals surface area contributed by atoms with Crippen LogP contribution in [0.3, 0.4) is 0 Å². The number of hydrogen-bond donors (Lipinski definition) is 2. The third kappa shape index (κ3) is 4.15. The Kier molecular flexibility index (Phi) is 4.68. The molecular formula is C14H14FN3O3. The minimum Gasteiger partial charge on any atom is -0.492 e. The van der Waals surface area contributed by atoms with E-state index in [1.54, 1.807) is 24.3 Å². The Morgan fingerprint density at radius 3 is 2.52 bits per heavy atom. The summed E-state index contributed by atoms with van der Waals surface area (Å²) in [6, 6.07) is 10.2. The zero-order valence-corrected chi connectivity index (χ0v) is 11.1. The number of ether oxygens (including phenoxy) is 1. The highest BCUT2D eigenvalue weighted by Gasteiger charge is 2.09.